The van der Waals surface area contributed by atoms with Gasteiger partial charge in [-0.25, -0.2) is 0 Å². The highest BCUT2D eigenvalue weighted by atomic mass is 16.5. The predicted octanol–water partition coefficient (Wildman–Crippen LogP) is 3.85. The molecule has 2 rings (SSSR count). The van der Waals surface area contributed by atoms with Crippen LogP contribution in [-0.4, -0.2) is 19.2 Å². The molecule has 2 unspecified atom stereocenters. The van der Waals surface area contributed by atoms with Gasteiger partial charge in [-0.15, -0.1) is 0 Å². The summed E-state index contributed by atoms with van der Waals surface area (Å²) in [5, 5.41) is 3.46. The van der Waals surface area contributed by atoms with E-state index in [2.05, 4.69) is 58.3 Å². The molecule has 1 aliphatic rings. The van der Waals surface area contributed by atoms with Gasteiger partial charge in [-0.05, 0) is 44.9 Å². The SMILES string of the molecule is CCC1(CC)C(NC)CC1Oc1c(C)cccc1C. The van der Waals surface area contributed by atoms with Crippen LogP contribution in [0.5, 0.6) is 5.75 Å². The van der Waals surface area contributed by atoms with Crippen molar-refractivity contribution in [1.29, 1.82) is 0 Å². The van der Waals surface area contributed by atoms with Crippen molar-refractivity contribution >= 4 is 0 Å². The Labute approximate surface area is 117 Å². The predicted molar refractivity (Wildman–Crippen MR) is 80.8 cm³/mol. The van der Waals surface area contributed by atoms with Crippen LogP contribution >= 0.6 is 0 Å². The van der Waals surface area contributed by atoms with Crippen molar-refractivity contribution in [1.82, 2.24) is 5.32 Å². The molecule has 0 aliphatic heterocycles. The first kappa shape index (κ1) is 14.4. The van der Waals surface area contributed by atoms with Crippen molar-refractivity contribution < 1.29 is 4.74 Å². The first-order chi connectivity index (χ1) is 9.08. The quantitative estimate of drug-likeness (QED) is 0.869. The average molecular weight is 261 g/mol. The van der Waals surface area contributed by atoms with Gasteiger partial charge in [0.2, 0.25) is 0 Å². The molecule has 1 fully saturated rings. The number of hydrogen-bond acceptors (Lipinski definition) is 2. The number of ether oxygens (including phenoxy) is 1. The Kier molecular flexibility index (Phi) is 4.19. The summed E-state index contributed by atoms with van der Waals surface area (Å²) in [5.41, 5.74) is 2.78. The molecule has 1 saturated carbocycles. The Morgan fingerprint density at radius 2 is 1.79 bits per heavy atom. The number of benzene rings is 1. The zero-order chi connectivity index (χ0) is 14.0. The van der Waals surface area contributed by atoms with Crippen LogP contribution in [0.15, 0.2) is 18.2 Å². The monoisotopic (exact) mass is 261 g/mol. The summed E-state index contributed by atoms with van der Waals surface area (Å²) in [4.78, 5) is 0. The Bertz CT molecular complexity index is 417. The van der Waals surface area contributed by atoms with Crippen molar-refractivity contribution in [3.8, 4) is 5.75 Å². The molecule has 0 aromatic heterocycles. The standard InChI is InChI=1S/C17H27NO/c1-6-17(7-2)14(18-5)11-15(17)19-16-12(3)9-8-10-13(16)4/h8-10,14-15,18H,6-7,11H2,1-5H3. The molecule has 2 atom stereocenters. The van der Waals surface area contributed by atoms with Gasteiger partial charge in [-0.1, -0.05) is 32.0 Å². The van der Waals surface area contributed by atoms with Gasteiger partial charge in [-0.3, -0.25) is 0 Å². The van der Waals surface area contributed by atoms with E-state index in [1.54, 1.807) is 0 Å². The summed E-state index contributed by atoms with van der Waals surface area (Å²) in [6, 6.07) is 6.96. The van der Waals surface area contributed by atoms with Crippen LogP contribution in [0.4, 0.5) is 0 Å². The highest BCUT2D eigenvalue weighted by molar-refractivity contribution is 5.40. The molecule has 0 heterocycles. The molecular formula is C17H27NO. The van der Waals surface area contributed by atoms with E-state index >= 15 is 0 Å². The summed E-state index contributed by atoms with van der Waals surface area (Å²) >= 11 is 0. The third-order valence-electron chi connectivity index (χ3n) is 5.12. The van der Waals surface area contributed by atoms with Gasteiger partial charge in [0.05, 0.1) is 0 Å². The van der Waals surface area contributed by atoms with Gasteiger partial charge >= 0.3 is 0 Å². The third-order valence-corrected chi connectivity index (χ3v) is 5.12. The smallest absolute Gasteiger partial charge is 0.125 e. The van der Waals surface area contributed by atoms with Crippen molar-refractivity contribution in [2.24, 2.45) is 5.41 Å². The molecule has 2 heteroatoms. The lowest BCUT2D eigenvalue weighted by Gasteiger charge is -2.55. The lowest BCUT2D eigenvalue weighted by Crippen LogP contribution is -2.63. The fraction of sp³-hybridized carbons (Fsp3) is 0.647. The third kappa shape index (κ3) is 2.27. The normalized spacial score (nSPS) is 24.9. The molecule has 2 nitrogen and oxygen atoms in total. The van der Waals surface area contributed by atoms with E-state index in [0.717, 1.165) is 12.2 Å². The van der Waals surface area contributed by atoms with E-state index in [0.29, 0.717) is 17.6 Å². The van der Waals surface area contributed by atoms with Crippen LogP contribution in [0.2, 0.25) is 0 Å². The molecule has 0 saturated heterocycles. The van der Waals surface area contributed by atoms with Gasteiger partial charge in [0.15, 0.2) is 0 Å². The zero-order valence-corrected chi connectivity index (χ0v) is 12.9. The number of hydrogen-bond donors (Lipinski definition) is 1. The molecule has 1 aromatic rings. The maximum absolute atomic E-state index is 6.40. The second-order valence-corrected chi connectivity index (χ2v) is 5.84. The summed E-state index contributed by atoms with van der Waals surface area (Å²) < 4.78 is 6.40. The Morgan fingerprint density at radius 3 is 2.26 bits per heavy atom. The van der Waals surface area contributed by atoms with Crippen LogP contribution in [0, 0.1) is 19.3 Å². The van der Waals surface area contributed by atoms with E-state index in [1.165, 1.54) is 24.0 Å². The molecular weight excluding hydrogens is 234 g/mol. The van der Waals surface area contributed by atoms with E-state index < -0.39 is 0 Å². The van der Waals surface area contributed by atoms with Gasteiger partial charge in [0, 0.05) is 17.9 Å². The molecule has 1 N–H and O–H groups in total. The van der Waals surface area contributed by atoms with Gasteiger partial charge in [0.25, 0.3) is 0 Å². The van der Waals surface area contributed by atoms with Gasteiger partial charge in [-0.2, -0.15) is 0 Å². The second-order valence-electron chi connectivity index (χ2n) is 5.84. The average Bonchev–Trinajstić information content (AvgIpc) is 2.38. The van der Waals surface area contributed by atoms with Crippen LogP contribution in [0.1, 0.15) is 44.2 Å². The van der Waals surface area contributed by atoms with E-state index in [4.69, 9.17) is 4.74 Å². The maximum Gasteiger partial charge on any atom is 0.125 e. The number of para-hydroxylation sites is 1. The highest BCUT2D eigenvalue weighted by Crippen LogP contribution is 2.49. The lowest BCUT2D eigenvalue weighted by atomic mass is 9.58. The first-order valence-corrected chi connectivity index (χ1v) is 7.49. The van der Waals surface area contributed by atoms with Crippen molar-refractivity contribution in [3.63, 3.8) is 0 Å². The zero-order valence-electron chi connectivity index (χ0n) is 12.9. The Morgan fingerprint density at radius 1 is 1.21 bits per heavy atom. The lowest BCUT2D eigenvalue weighted by molar-refractivity contribution is -0.0841. The van der Waals surface area contributed by atoms with Crippen LogP contribution < -0.4 is 10.1 Å². The van der Waals surface area contributed by atoms with Crippen LogP contribution in [0.25, 0.3) is 0 Å². The molecule has 0 bridgehead atoms. The summed E-state index contributed by atoms with van der Waals surface area (Å²) in [6.45, 7) is 8.84. The van der Waals surface area contributed by atoms with E-state index in [9.17, 15) is 0 Å². The van der Waals surface area contributed by atoms with Crippen molar-refractivity contribution in [2.45, 2.75) is 59.1 Å². The Hall–Kier alpha value is -1.02. The fourth-order valence-corrected chi connectivity index (χ4v) is 3.64. The molecule has 1 aromatic carbocycles. The maximum atomic E-state index is 6.40. The number of aryl methyl sites for hydroxylation is 2. The topological polar surface area (TPSA) is 21.3 Å². The molecule has 0 radical (unpaired) electrons. The highest BCUT2D eigenvalue weighted by Gasteiger charge is 2.53. The summed E-state index contributed by atoms with van der Waals surface area (Å²) in [7, 11) is 2.07. The molecule has 0 amide bonds. The molecule has 1 aliphatic carbocycles. The Balaban J connectivity index is 2.20. The first-order valence-electron chi connectivity index (χ1n) is 7.49. The number of rotatable bonds is 5. The fourth-order valence-electron chi connectivity index (χ4n) is 3.64. The minimum Gasteiger partial charge on any atom is -0.489 e. The van der Waals surface area contributed by atoms with Crippen molar-refractivity contribution in [3.05, 3.63) is 29.3 Å². The minimum atomic E-state index is 0.295. The summed E-state index contributed by atoms with van der Waals surface area (Å²) in [6.07, 6.45) is 3.81. The van der Waals surface area contributed by atoms with Gasteiger partial charge in [0.1, 0.15) is 11.9 Å². The molecule has 19 heavy (non-hydrogen) atoms. The van der Waals surface area contributed by atoms with Crippen LogP contribution in [0.3, 0.4) is 0 Å². The summed E-state index contributed by atoms with van der Waals surface area (Å²) in [5.74, 6) is 1.09. The molecule has 0 spiro atoms. The van der Waals surface area contributed by atoms with Crippen molar-refractivity contribution in [2.75, 3.05) is 7.05 Å². The molecule has 106 valence electrons. The largest absolute Gasteiger partial charge is 0.489 e. The minimum absolute atomic E-state index is 0.295. The van der Waals surface area contributed by atoms with Gasteiger partial charge < -0.3 is 10.1 Å². The van der Waals surface area contributed by atoms with E-state index in [1.807, 2.05) is 0 Å². The van der Waals surface area contributed by atoms with E-state index in [-0.39, 0.29) is 0 Å². The second kappa shape index (κ2) is 5.54. The number of nitrogens with one attached hydrogen (secondary N) is 1. The van der Waals surface area contributed by atoms with Crippen LogP contribution in [-0.2, 0) is 0 Å².